The number of alkyl halides is 3. The zero-order valence-corrected chi connectivity index (χ0v) is 16.3. The minimum absolute atomic E-state index is 0.0843. The van der Waals surface area contributed by atoms with E-state index in [-0.39, 0.29) is 18.1 Å². The maximum absolute atomic E-state index is 13.2. The lowest BCUT2D eigenvalue weighted by molar-refractivity contribution is -0.137. The van der Waals surface area contributed by atoms with Crippen LogP contribution in [0.5, 0.6) is 0 Å². The van der Waals surface area contributed by atoms with Crippen LogP contribution in [0.4, 0.5) is 23.2 Å². The van der Waals surface area contributed by atoms with Crippen molar-refractivity contribution in [3.05, 3.63) is 76.3 Å². The van der Waals surface area contributed by atoms with Crippen molar-refractivity contribution in [3.8, 4) is 5.69 Å². The third-order valence-corrected chi connectivity index (χ3v) is 5.31. The fraction of sp³-hybridized carbons (Fsp3) is 0.238. The Hall–Kier alpha value is -2.87. The summed E-state index contributed by atoms with van der Waals surface area (Å²) >= 11 is 5.76. The van der Waals surface area contributed by atoms with Gasteiger partial charge in [-0.2, -0.15) is 18.3 Å². The lowest BCUT2D eigenvalue weighted by atomic mass is 10.1. The van der Waals surface area contributed by atoms with Gasteiger partial charge in [-0.3, -0.25) is 4.79 Å². The predicted molar refractivity (Wildman–Crippen MR) is 104 cm³/mol. The van der Waals surface area contributed by atoms with Crippen LogP contribution in [0.1, 0.15) is 23.2 Å². The number of rotatable bonds is 3. The molecule has 0 saturated heterocycles. The summed E-state index contributed by atoms with van der Waals surface area (Å²) in [4.78, 5) is 14.5. The Morgan fingerprint density at radius 1 is 1.13 bits per heavy atom. The first-order valence-electron chi connectivity index (χ1n) is 9.23. The molecule has 0 fully saturated rings. The van der Waals surface area contributed by atoms with E-state index in [1.165, 1.54) is 24.3 Å². The molecule has 2 heterocycles. The van der Waals surface area contributed by atoms with Gasteiger partial charge in [-0.15, -0.1) is 0 Å². The van der Waals surface area contributed by atoms with Crippen LogP contribution in [0.2, 0.25) is 5.02 Å². The highest BCUT2D eigenvalue weighted by Gasteiger charge is 2.33. The number of benzene rings is 2. The second kappa shape index (κ2) is 7.75. The van der Waals surface area contributed by atoms with E-state index in [1.54, 1.807) is 27.9 Å². The number of carbonyl (C=O) groups excluding carboxylic acids is 1. The van der Waals surface area contributed by atoms with Crippen molar-refractivity contribution < 1.29 is 22.4 Å². The summed E-state index contributed by atoms with van der Waals surface area (Å²) in [5.74, 6) is -0.614. The van der Waals surface area contributed by atoms with E-state index >= 15 is 0 Å². The number of halogens is 5. The molecule has 4 nitrogen and oxygen atoms in total. The molecule has 30 heavy (non-hydrogen) atoms. The van der Waals surface area contributed by atoms with Crippen LogP contribution in [-0.2, 0) is 23.8 Å². The quantitative estimate of drug-likeness (QED) is 0.528. The zero-order chi connectivity index (χ0) is 21.5. The van der Waals surface area contributed by atoms with Crippen molar-refractivity contribution in [1.29, 1.82) is 0 Å². The molecule has 2 aromatic carbocycles. The highest BCUT2D eigenvalue weighted by Crippen LogP contribution is 2.35. The third kappa shape index (κ3) is 3.92. The topological polar surface area (TPSA) is 38.1 Å². The standard InChI is InChI=1S/C21H16ClF4N3O/c22-17-10-13(3-8-16(17)21(24,25)26)11-20(30)28-9-1-2-18-19(28)12-27-29(18)15-6-4-14(23)5-7-15/h3-8,10,12H,1-2,9,11H2. The number of hydrogen-bond acceptors (Lipinski definition) is 2. The van der Waals surface area contributed by atoms with Crippen LogP contribution in [-0.4, -0.2) is 22.2 Å². The van der Waals surface area contributed by atoms with E-state index in [1.807, 2.05) is 0 Å². The average molecular weight is 438 g/mol. The molecular weight excluding hydrogens is 422 g/mol. The molecule has 4 rings (SSSR count). The number of fused-ring (bicyclic) bond motifs is 1. The van der Waals surface area contributed by atoms with Crippen LogP contribution in [0.25, 0.3) is 5.69 Å². The van der Waals surface area contributed by atoms with Gasteiger partial charge in [-0.1, -0.05) is 17.7 Å². The van der Waals surface area contributed by atoms with E-state index in [0.717, 1.165) is 11.8 Å². The summed E-state index contributed by atoms with van der Waals surface area (Å²) in [5, 5.41) is 3.91. The van der Waals surface area contributed by atoms with Crippen molar-refractivity contribution >= 4 is 23.2 Å². The monoisotopic (exact) mass is 437 g/mol. The van der Waals surface area contributed by atoms with E-state index in [4.69, 9.17) is 11.6 Å². The molecule has 0 spiro atoms. The number of hydrogen-bond donors (Lipinski definition) is 0. The van der Waals surface area contributed by atoms with E-state index in [0.29, 0.717) is 36.3 Å². The summed E-state index contributed by atoms with van der Waals surface area (Å²) in [6.45, 7) is 0.481. The summed E-state index contributed by atoms with van der Waals surface area (Å²) in [7, 11) is 0. The Morgan fingerprint density at radius 2 is 1.87 bits per heavy atom. The van der Waals surface area contributed by atoms with Crippen LogP contribution in [0.3, 0.4) is 0 Å². The minimum Gasteiger partial charge on any atom is -0.309 e. The van der Waals surface area contributed by atoms with Gasteiger partial charge in [0.1, 0.15) is 5.82 Å². The second-order valence-electron chi connectivity index (χ2n) is 7.00. The zero-order valence-electron chi connectivity index (χ0n) is 15.6. The molecular formula is C21H16ClF4N3O. The van der Waals surface area contributed by atoms with E-state index in [2.05, 4.69) is 5.10 Å². The molecule has 0 saturated carbocycles. The predicted octanol–water partition coefficient (Wildman–Crippen LogP) is 5.21. The highest BCUT2D eigenvalue weighted by molar-refractivity contribution is 6.31. The van der Waals surface area contributed by atoms with Crippen LogP contribution < -0.4 is 4.90 Å². The number of carbonyl (C=O) groups is 1. The fourth-order valence-corrected chi connectivity index (χ4v) is 3.89. The van der Waals surface area contributed by atoms with Crippen molar-refractivity contribution in [2.45, 2.75) is 25.4 Å². The summed E-state index contributed by atoms with van der Waals surface area (Å²) in [6, 6.07) is 9.21. The lowest BCUT2D eigenvalue weighted by Crippen LogP contribution is -2.36. The van der Waals surface area contributed by atoms with Gasteiger partial charge in [0.25, 0.3) is 0 Å². The Bertz CT molecular complexity index is 1090. The fourth-order valence-electron chi connectivity index (χ4n) is 3.58. The van der Waals surface area contributed by atoms with Crippen LogP contribution >= 0.6 is 11.6 Å². The van der Waals surface area contributed by atoms with Gasteiger partial charge in [-0.25, -0.2) is 9.07 Å². The molecule has 3 aromatic rings. The van der Waals surface area contributed by atoms with Crippen molar-refractivity contribution in [3.63, 3.8) is 0 Å². The minimum atomic E-state index is -4.55. The molecule has 1 aliphatic heterocycles. The first-order valence-corrected chi connectivity index (χ1v) is 9.60. The van der Waals surface area contributed by atoms with E-state index < -0.39 is 16.8 Å². The van der Waals surface area contributed by atoms with Crippen molar-refractivity contribution in [1.82, 2.24) is 9.78 Å². The summed E-state index contributed by atoms with van der Waals surface area (Å²) < 4.78 is 53.5. The van der Waals surface area contributed by atoms with Gasteiger partial charge in [0.05, 0.1) is 40.3 Å². The normalized spacial score (nSPS) is 14.0. The SMILES string of the molecule is O=C(Cc1ccc(C(F)(F)F)c(Cl)c1)N1CCCc2c1cnn2-c1ccc(F)cc1. The van der Waals surface area contributed by atoms with Gasteiger partial charge in [0.15, 0.2) is 0 Å². The number of aromatic nitrogens is 2. The largest absolute Gasteiger partial charge is 0.417 e. The summed E-state index contributed by atoms with van der Waals surface area (Å²) in [5.41, 5.74) is 1.62. The Balaban J connectivity index is 1.57. The van der Waals surface area contributed by atoms with Gasteiger partial charge in [0, 0.05) is 6.54 Å². The van der Waals surface area contributed by atoms with E-state index in [9.17, 15) is 22.4 Å². The lowest BCUT2D eigenvalue weighted by Gasteiger charge is -2.27. The Labute approximate surface area is 174 Å². The Morgan fingerprint density at radius 3 is 2.53 bits per heavy atom. The van der Waals surface area contributed by atoms with Gasteiger partial charge in [0.2, 0.25) is 5.91 Å². The Kier molecular flexibility index (Phi) is 5.27. The maximum Gasteiger partial charge on any atom is 0.417 e. The molecule has 0 radical (unpaired) electrons. The molecule has 0 unspecified atom stereocenters. The van der Waals surface area contributed by atoms with Gasteiger partial charge >= 0.3 is 6.18 Å². The molecule has 0 N–H and O–H groups in total. The molecule has 0 aliphatic carbocycles. The smallest absolute Gasteiger partial charge is 0.309 e. The molecule has 1 aromatic heterocycles. The van der Waals surface area contributed by atoms with Crippen LogP contribution in [0.15, 0.2) is 48.7 Å². The number of anilines is 1. The highest BCUT2D eigenvalue weighted by atomic mass is 35.5. The molecule has 9 heteroatoms. The molecule has 1 amide bonds. The second-order valence-corrected chi connectivity index (χ2v) is 7.41. The first kappa shape index (κ1) is 20.4. The maximum atomic E-state index is 13.2. The first-order chi connectivity index (χ1) is 14.2. The van der Waals surface area contributed by atoms with Crippen LogP contribution in [0, 0.1) is 5.82 Å². The average Bonchev–Trinajstić information content (AvgIpc) is 3.11. The molecule has 0 bridgehead atoms. The van der Waals surface area contributed by atoms with Crippen molar-refractivity contribution in [2.75, 3.05) is 11.4 Å². The van der Waals surface area contributed by atoms with Gasteiger partial charge < -0.3 is 4.90 Å². The summed E-state index contributed by atoms with van der Waals surface area (Å²) in [6.07, 6.45) is -1.65. The molecule has 1 aliphatic rings. The molecule has 156 valence electrons. The third-order valence-electron chi connectivity index (χ3n) is 5.00. The van der Waals surface area contributed by atoms with Gasteiger partial charge in [-0.05, 0) is 54.8 Å². The number of amides is 1. The van der Waals surface area contributed by atoms with Crippen molar-refractivity contribution in [2.24, 2.45) is 0 Å². The molecule has 0 atom stereocenters. The number of nitrogens with zero attached hydrogens (tertiary/aromatic N) is 3.